The summed E-state index contributed by atoms with van der Waals surface area (Å²) in [6.07, 6.45) is -1.67. The quantitative estimate of drug-likeness (QED) is 0.450. The van der Waals surface area contributed by atoms with Crippen molar-refractivity contribution in [3.8, 4) is 5.75 Å². The largest absolute Gasteiger partial charge is 0.573 e. The number of benzene rings is 1. The van der Waals surface area contributed by atoms with Crippen LogP contribution in [0, 0.1) is 0 Å². The van der Waals surface area contributed by atoms with Gasteiger partial charge in [-0.3, -0.25) is 9.36 Å². The van der Waals surface area contributed by atoms with Crippen LogP contribution in [0.5, 0.6) is 5.75 Å². The molecule has 3 heterocycles. The topological polar surface area (TPSA) is 110 Å². The highest BCUT2D eigenvalue weighted by Gasteiger charge is 2.30. The smallest absolute Gasteiger partial charge is 0.406 e. The SMILES string of the molecule is Cn1cnc2ncn(Cc3nn(CCc4ccc(OC(F)(F)F)cc4)c(=O)o3)c(=O)c21. The predicted molar refractivity (Wildman–Crippen MR) is 99.5 cm³/mol. The normalized spacial score (nSPS) is 11.9. The zero-order valence-corrected chi connectivity index (χ0v) is 16.0. The molecule has 0 aliphatic heterocycles. The number of aromatic nitrogens is 6. The average molecular weight is 436 g/mol. The van der Waals surface area contributed by atoms with Gasteiger partial charge in [-0.15, -0.1) is 18.3 Å². The molecule has 4 aromatic rings. The van der Waals surface area contributed by atoms with E-state index in [1.165, 1.54) is 41.5 Å². The maximum Gasteiger partial charge on any atom is 0.573 e. The molecule has 31 heavy (non-hydrogen) atoms. The van der Waals surface area contributed by atoms with Gasteiger partial charge < -0.3 is 13.7 Å². The first kappa shape index (κ1) is 20.4. The third kappa shape index (κ3) is 4.49. The van der Waals surface area contributed by atoms with Gasteiger partial charge in [-0.05, 0) is 24.1 Å². The van der Waals surface area contributed by atoms with Gasteiger partial charge >= 0.3 is 12.1 Å². The van der Waals surface area contributed by atoms with E-state index in [-0.39, 0.29) is 30.3 Å². The van der Waals surface area contributed by atoms with Gasteiger partial charge in [0.1, 0.15) is 18.6 Å². The highest BCUT2D eigenvalue weighted by molar-refractivity contribution is 5.68. The molecule has 0 unspecified atom stereocenters. The highest BCUT2D eigenvalue weighted by atomic mass is 19.4. The van der Waals surface area contributed by atoms with Crippen molar-refractivity contribution in [3.05, 3.63) is 69.3 Å². The van der Waals surface area contributed by atoms with Crippen LogP contribution in [0.15, 0.2) is 50.9 Å². The molecule has 4 rings (SSSR count). The summed E-state index contributed by atoms with van der Waals surface area (Å²) in [5, 5.41) is 4.07. The number of hydrogen-bond acceptors (Lipinski definition) is 7. The molecule has 0 amide bonds. The number of fused-ring (bicyclic) bond motifs is 1. The number of aryl methyl sites for hydroxylation is 3. The molecule has 0 fully saturated rings. The third-order valence-electron chi connectivity index (χ3n) is 4.42. The van der Waals surface area contributed by atoms with Crippen LogP contribution in [-0.4, -0.2) is 35.2 Å². The second-order valence-electron chi connectivity index (χ2n) is 6.63. The van der Waals surface area contributed by atoms with E-state index in [4.69, 9.17) is 4.42 Å². The number of halogens is 3. The molecule has 1 aromatic carbocycles. The molecule has 0 saturated carbocycles. The van der Waals surface area contributed by atoms with Crippen molar-refractivity contribution < 1.29 is 22.3 Å². The van der Waals surface area contributed by atoms with Crippen molar-refractivity contribution >= 4 is 11.2 Å². The molecule has 3 aromatic heterocycles. The first-order valence-corrected chi connectivity index (χ1v) is 8.97. The fourth-order valence-electron chi connectivity index (χ4n) is 2.98. The molecule has 0 atom stereocenters. The van der Waals surface area contributed by atoms with Crippen molar-refractivity contribution in [2.75, 3.05) is 0 Å². The van der Waals surface area contributed by atoms with Crippen LogP contribution in [0.4, 0.5) is 13.2 Å². The summed E-state index contributed by atoms with van der Waals surface area (Å²) >= 11 is 0. The molecular weight excluding hydrogens is 421 g/mol. The van der Waals surface area contributed by atoms with Gasteiger partial charge in [-0.2, -0.15) is 4.68 Å². The lowest BCUT2D eigenvalue weighted by Crippen LogP contribution is -2.22. The number of alkyl halides is 3. The Bertz CT molecular complexity index is 1330. The second kappa shape index (κ2) is 7.74. The lowest BCUT2D eigenvalue weighted by Gasteiger charge is -2.09. The Morgan fingerprint density at radius 1 is 1.10 bits per heavy atom. The van der Waals surface area contributed by atoms with Crippen LogP contribution in [0.3, 0.4) is 0 Å². The Morgan fingerprint density at radius 3 is 2.52 bits per heavy atom. The Labute approximate surface area is 171 Å². The zero-order valence-electron chi connectivity index (χ0n) is 16.0. The zero-order chi connectivity index (χ0) is 22.2. The van der Waals surface area contributed by atoms with Gasteiger partial charge in [0.05, 0.1) is 12.9 Å². The van der Waals surface area contributed by atoms with Gasteiger partial charge in [0.15, 0.2) is 11.2 Å². The van der Waals surface area contributed by atoms with Gasteiger partial charge in [0.2, 0.25) is 5.89 Å². The molecule has 0 saturated heterocycles. The molecule has 13 heteroatoms. The molecular formula is C18H15F3N6O4. The first-order chi connectivity index (χ1) is 14.7. The summed E-state index contributed by atoms with van der Waals surface area (Å²) < 4.78 is 49.4. The van der Waals surface area contributed by atoms with E-state index >= 15 is 0 Å². The number of ether oxygens (including phenoxy) is 1. The predicted octanol–water partition coefficient (Wildman–Crippen LogP) is 1.47. The maximum absolute atomic E-state index is 12.6. The number of nitrogens with zero attached hydrogens (tertiary/aromatic N) is 6. The minimum atomic E-state index is -4.76. The Balaban J connectivity index is 1.45. The van der Waals surface area contributed by atoms with Crippen LogP contribution < -0.4 is 16.1 Å². The van der Waals surface area contributed by atoms with Gasteiger partial charge in [-0.1, -0.05) is 12.1 Å². The van der Waals surface area contributed by atoms with Gasteiger partial charge in [-0.25, -0.2) is 14.8 Å². The Morgan fingerprint density at radius 2 is 1.81 bits per heavy atom. The first-order valence-electron chi connectivity index (χ1n) is 8.97. The second-order valence-corrected chi connectivity index (χ2v) is 6.63. The number of hydrogen-bond donors (Lipinski definition) is 0. The Hall–Kier alpha value is -3.90. The van der Waals surface area contributed by atoms with Crippen LogP contribution in [0.25, 0.3) is 11.2 Å². The lowest BCUT2D eigenvalue weighted by atomic mass is 10.1. The van der Waals surface area contributed by atoms with Crippen molar-refractivity contribution in [3.63, 3.8) is 0 Å². The molecule has 0 aliphatic carbocycles. The standard InChI is InChI=1S/C18H15F3N6O4/c1-25-9-22-15-14(25)16(28)26(10-23-15)8-13-24-27(17(29)30-13)7-6-11-2-4-12(5-3-11)31-18(19,20)21/h2-5,9-10H,6-8H2,1H3. The fourth-order valence-corrected chi connectivity index (χ4v) is 2.98. The van der Waals surface area contributed by atoms with Crippen molar-refractivity contribution in [1.82, 2.24) is 28.9 Å². The van der Waals surface area contributed by atoms with E-state index in [2.05, 4.69) is 19.8 Å². The average Bonchev–Trinajstić information content (AvgIpc) is 3.25. The lowest BCUT2D eigenvalue weighted by molar-refractivity contribution is -0.274. The summed E-state index contributed by atoms with van der Waals surface area (Å²) in [6.45, 7) is 0.0361. The molecule has 0 bridgehead atoms. The van der Waals surface area contributed by atoms with E-state index in [0.717, 1.165) is 4.68 Å². The fraction of sp³-hybridized carbons (Fsp3) is 0.278. The molecule has 0 radical (unpaired) electrons. The monoisotopic (exact) mass is 436 g/mol. The Kier molecular flexibility index (Phi) is 5.09. The minimum Gasteiger partial charge on any atom is -0.406 e. The molecule has 0 N–H and O–H groups in total. The molecule has 10 nitrogen and oxygen atoms in total. The summed E-state index contributed by atoms with van der Waals surface area (Å²) in [5.74, 6) is -1.03. The molecule has 0 aliphatic rings. The number of rotatable bonds is 6. The van der Waals surface area contributed by atoms with Crippen LogP contribution in [0.2, 0.25) is 0 Å². The van der Waals surface area contributed by atoms with E-state index in [0.29, 0.717) is 23.1 Å². The van der Waals surface area contributed by atoms with Crippen LogP contribution in [0.1, 0.15) is 11.5 Å². The van der Waals surface area contributed by atoms with E-state index in [1.807, 2.05) is 0 Å². The summed E-state index contributed by atoms with van der Waals surface area (Å²) in [7, 11) is 1.67. The minimum absolute atomic E-state index is 0.0179. The van der Waals surface area contributed by atoms with E-state index < -0.39 is 12.1 Å². The summed E-state index contributed by atoms with van der Waals surface area (Å²) in [6, 6.07) is 5.30. The van der Waals surface area contributed by atoms with E-state index in [9.17, 15) is 22.8 Å². The van der Waals surface area contributed by atoms with Crippen molar-refractivity contribution in [1.29, 1.82) is 0 Å². The molecule has 0 spiro atoms. The highest BCUT2D eigenvalue weighted by Crippen LogP contribution is 2.22. The summed E-state index contributed by atoms with van der Waals surface area (Å²) in [5.41, 5.74) is 0.932. The maximum atomic E-state index is 12.6. The summed E-state index contributed by atoms with van der Waals surface area (Å²) in [4.78, 5) is 32.7. The van der Waals surface area contributed by atoms with Gasteiger partial charge in [0.25, 0.3) is 5.56 Å². The van der Waals surface area contributed by atoms with Crippen LogP contribution >= 0.6 is 0 Å². The third-order valence-corrected chi connectivity index (χ3v) is 4.42. The van der Waals surface area contributed by atoms with Crippen LogP contribution in [-0.2, 0) is 26.6 Å². The van der Waals surface area contributed by atoms with Crippen molar-refractivity contribution in [2.45, 2.75) is 25.9 Å². The number of imidazole rings is 1. The molecule has 162 valence electrons. The van der Waals surface area contributed by atoms with Gasteiger partial charge in [0, 0.05) is 7.05 Å². The van der Waals surface area contributed by atoms with E-state index in [1.54, 1.807) is 11.6 Å². The van der Waals surface area contributed by atoms with Crippen molar-refractivity contribution in [2.24, 2.45) is 7.05 Å².